The lowest BCUT2D eigenvalue weighted by Crippen LogP contribution is -2.10. The van der Waals surface area contributed by atoms with Crippen molar-refractivity contribution in [1.29, 1.82) is 0 Å². The normalized spacial score (nSPS) is 10.1. The van der Waals surface area contributed by atoms with Gasteiger partial charge >= 0.3 is 0 Å². The summed E-state index contributed by atoms with van der Waals surface area (Å²) in [4.78, 5) is 4.39. The van der Waals surface area contributed by atoms with Crippen LogP contribution in [0, 0.1) is 0 Å². The van der Waals surface area contributed by atoms with E-state index in [0.717, 1.165) is 17.9 Å². The summed E-state index contributed by atoms with van der Waals surface area (Å²) in [5.41, 5.74) is 6.07. The van der Waals surface area contributed by atoms with Gasteiger partial charge in [0, 0.05) is 0 Å². The summed E-state index contributed by atoms with van der Waals surface area (Å²) in [6.07, 6.45) is 2.58. The van der Waals surface area contributed by atoms with E-state index in [0.29, 0.717) is 18.1 Å². The third-order valence-electron chi connectivity index (χ3n) is 2.52. The van der Waals surface area contributed by atoms with Crippen molar-refractivity contribution in [1.82, 2.24) is 4.98 Å². The summed E-state index contributed by atoms with van der Waals surface area (Å²) in [6.45, 7) is 2.78. The molecule has 5 heteroatoms. The van der Waals surface area contributed by atoms with Crippen molar-refractivity contribution in [2.75, 3.05) is 6.61 Å². The number of pyridine rings is 1. The number of nitrogens with two attached hydrogens (primary N) is 1. The van der Waals surface area contributed by atoms with Crippen LogP contribution in [0.2, 0.25) is 0 Å². The fourth-order valence-electron chi connectivity index (χ4n) is 1.55. The Morgan fingerprint density at radius 2 is 1.75 bits per heavy atom. The van der Waals surface area contributed by atoms with Gasteiger partial charge in [-0.25, -0.2) is 4.98 Å². The summed E-state index contributed by atoms with van der Waals surface area (Å²) in [6, 6.07) is 11.0. The number of benzene rings is 1. The number of thiocarbonyl (C=S) groups is 1. The number of ether oxygens (including phenoxy) is 2. The molecule has 2 aromatic rings. The van der Waals surface area contributed by atoms with Gasteiger partial charge in [0.05, 0.1) is 18.5 Å². The molecule has 4 nitrogen and oxygen atoms in total. The molecule has 0 saturated heterocycles. The smallest absolute Gasteiger partial charge is 0.145 e. The first-order valence-electron chi connectivity index (χ1n) is 6.35. The lowest BCUT2D eigenvalue weighted by atomic mass is 10.3. The van der Waals surface area contributed by atoms with Crippen molar-refractivity contribution in [3.63, 3.8) is 0 Å². The fraction of sp³-hybridized carbons (Fsp3) is 0.200. The zero-order chi connectivity index (χ0) is 14.4. The zero-order valence-corrected chi connectivity index (χ0v) is 12.0. The standard InChI is InChI=1S/C15H16N2O2S/c1-2-9-18-11-3-5-12(6-4-11)19-13-7-8-14(15(16)20)17-10-13/h3-8,10H,2,9H2,1H3,(H2,16,20). The molecule has 104 valence electrons. The van der Waals surface area contributed by atoms with Crippen LogP contribution < -0.4 is 15.2 Å². The molecule has 1 aromatic carbocycles. The van der Waals surface area contributed by atoms with Crippen LogP contribution in [0.4, 0.5) is 0 Å². The van der Waals surface area contributed by atoms with Gasteiger partial charge in [-0.15, -0.1) is 0 Å². The van der Waals surface area contributed by atoms with Crippen molar-refractivity contribution in [2.45, 2.75) is 13.3 Å². The van der Waals surface area contributed by atoms with Crippen molar-refractivity contribution in [3.05, 3.63) is 48.3 Å². The molecule has 0 bridgehead atoms. The summed E-state index contributed by atoms with van der Waals surface area (Å²) in [5.74, 6) is 2.19. The molecule has 0 aliphatic heterocycles. The maximum Gasteiger partial charge on any atom is 0.145 e. The maximum absolute atomic E-state index is 5.67. The summed E-state index contributed by atoms with van der Waals surface area (Å²) in [5, 5.41) is 0. The molecule has 2 N–H and O–H groups in total. The number of nitrogens with zero attached hydrogens (tertiary/aromatic N) is 1. The van der Waals surface area contributed by atoms with Crippen LogP contribution in [0.25, 0.3) is 0 Å². The highest BCUT2D eigenvalue weighted by molar-refractivity contribution is 7.80. The van der Waals surface area contributed by atoms with Crippen molar-refractivity contribution >= 4 is 17.2 Å². The van der Waals surface area contributed by atoms with Crippen LogP contribution in [0.1, 0.15) is 19.0 Å². The maximum atomic E-state index is 5.67. The van der Waals surface area contributed by atoms with Crippen LogP contribution in [0.5, 0.6) is 17.2 Å². The first-order chi connectivity index (χ1) is 9.69. The molecule has 0 atom stereocenters. The Morgan fingerprint density at radius 3 is 2.30 bits per heavy atom. The molecular weight excluding hydrogens is 272 g/mol. The number of hydrogen-bond donors (Lipinski definition) is 1. The second-order valence-electron chi connectivity index (χ2n) is 4.17. The number of hydrogen-bond acceptors (Lipinski definition) is 4. The Hall–Kier alpha value is -2.14. The minimum atomic E-state index is 0.272. The first kappa shape index (κ1) is 14.3. The predicted molar refractivity (Wildman–Crippen MR) is 82.4 cm³/mol. The highest BCUT2D eigenvalue weighted by Gasteiger charge is 2.01. The monoisotopic (exact) mass is 288 g/mol. The molecule has 0 spiro atoms. The highest BCUT2D eigenvalue weighted by Crippen LogP contribution is 2.23. The molecule has 0 radical (unpaired) electrons. The van der Waals surface area contributed by atoms with Gasteiger partial charge in [0.2, 0.25) is 0 Å². The molecule has 0 amide bonds. The molecule has 0 unspecified atom stereocenters. The van der Waals surface area contributed by atoms with Crippen molar-refractivity contribution in [3.8, 4) is 17.2 Å². The Labute approximate surface area is 123 Å². The summed E-state index contributed by atoms with van der Waals surface area (Å²) in [7, 11) is 0. The molecule has 0 fully saturated rings. The largest absolute Gasteiger partial charge is 0.494 e. The molecular formula is C15H16N2O2S. The van der Waals surface area contributed by atoms with E-state index < -0.39 is 0 Å². The Bertz CT molecular complexity index is 567. The SMILES string of the molecule is CCCOc1ccc(Oc2ccc(C(N)=S)nc2)cc1. The van der Waals surface area contributed by atoms with E-state index in [4.69, 9.17) is 27.4 Å². The van der Waals surface area contributed by atoms with E-state index in [1.807, 2.05) is 24.3 Å². The van der Waals surface area contributed by atoms with Gasteiger partial charge in [-0.3, -0.25) is 0 Å². The molecule has 1 aromatic heterocycles. The third kappa shape index (κ3) is 3.93. The minimum Gasteiger partial charge on any atom is -0.494 e. The fourth-order valence-corrected chi connectivity index (χ4v) is 1.67. The van der Waals surface area contributed by atoms with E-state index in [9.17, 15) is 0 Å². The third-order valence-corrected chi connectivity index (χ3v) is 2.73. The zero-order valence-electron chi connectivity index (χ0n) is 11.2. The molecule has 1 heterocycles. The first-order valence-corrected chi connectivity index (χ1v) is 6.76. The molecule has 0 aliphatic carbocycles. The van der Waals surface area contributed by atoms with Crippen molar-refractivity contribution in [2.24, 2.45) is 5.73 Å². The van der Waals surface area contributed by atoms with Crippen LogP contribution >= 0.6 is 12.2 Å². The molecule has 20 heavy (non-hydrogen) atoms. The number of aromatic nitrogens is 1. The van der Waals surface area contributed by atoms with E-state index in [1.165, 1.54) is 0 Å². The van der Waals surface area contributed by atoms with E-state index >= 15 is 0 Å². The second-order valence-corrected chi connectivity index (χ2v) is 4.61. The number of rotatable bonds is 6. The van der Waals surface area contributed by atoms with Crippen molar-refractivity contribution < 1.29 is 9.47 Å². The minimum absolute atomic E-state index is 0.272. The lowest BCUT2D eigenvalue weighted by Gasteiger charge is -2.08. The quantitative estimate of drug-likeness (QED) is 0.826. The van der Waals surface area contributed by atoms with Crippen LogP contribution in [0.15, 0.2) is 42.6 Å². The van der Waals surface area contributed by atoms with E-state index in [-0.39, 0.29) is 4.99 Å². The van der Waals surface area contributed by atoms with Gasteiger partial charge in [-0.05, 0) is 42.8 Å². The second kappa shape index (κ2) is 6.86. The lowest BCUT2D eigenvalue weighted by molar-refractivity contribution is 0.317. The average Bonchev–Trinajstić information content (AvgIpc) is 2.47. The van der Waals surface area contributed by atoms with Gasteiger partial charge in [0.25, 0.3) is 0 Å². The topological polar surface area (TPSA) is 57.4 Å². The van der Waals surface area contributed by atoms with Crippen LogP contribution in [-0.2, 0) is 0 Å². The molecule has 2 rings (SSSR count). The Morgan fingerprint density at radius 1 is 1.10 bits per heavy atom. The van der Waals surface area contributed by atoms with Gasteiger partial charge in [0.1, 0.15) is 22.2 Å². The Balaban J connectivity index is 2.00. The van der Waals surface area contributed by atoms with Gasteiger partial charge in [-0.1, -0.05) is 19.1 Å². The van der Waals surface area contributed by atoms with E-state index in [2.05, 4.69) is 11.9 Å². The van der Waals surface area contributed by atoms with Crippen LogP contribution in [0.3, 0.4) is 0 Å². The molecule has 0 aliphatic rings. The summed E-state index contributed by atoms with van der Waals surface area (Å²) < 4.78 is 11.2. The Kier molecular flexibility index (Phi) is 4.90. The van der Waals surface area contributed by atoms with Gasteiger partial charge in [-0.2, -0.15) is 0 Å². The average molecular weight is 288 g/mol. The van der Waals surface area contributed by atoms with Gasteiger partial charge in [0.15, 0.2) is 0 Å². The predicted octanol–water partition coefficient (Wildman–Crippen LogP) is 3.30. The highest BCUT2D eigenvalue weighted by atomic mass is 32.1. The van der Waals surface area contributed by atoms with Crippen LogP contribution in [-0.4, -0.2) is 16.6 Å². The summed E-state index contributed by atoms with van der Waals surface area (Å²) >= 11 is 4.84. The van der Waals surface area contributed by atoms with E-state index in [1.54, 1.807) is 18.3 Å². The molecule has 0 saturated carbocycles. The van der Waals surface area contributed by atoms with Gasteiger partial charge < -0.3 is 15.2 Å².